The van der Waals surface area contributed by atoms with E-state index in [0.29, 0.717) is 5.16 Å². The lowest BCUT2D eigenvalue weighted by Crippen LogP contribution is -1.97. The van der Waals surface area contributed by atoms with Crippen molar-refractivity contribution >= 4 is 29.1 Å². The summed E-state index contributed by atoms with van der Waals surface area (Å²) in [7, 11) is 0. The van der Waals surface area contributed by atoms with Crippen LogP contribution < -0.4 is 0 Å². The molecule has 0 saturated carbocycles. The molecule has 0 aliphatic rings. The first-order valence-corrected chi connectivity index (χ1v) is 6.47. The first-order valence-electron chi connectivity index (χ1n) is 4.61. The van der Waals surface area contributed by atoms with Gasteiger partial charge >= 0.3 is 5.97 Å². The van der Waals surface area contributed by atoms with Gasteiger partial charge in [-0.25, -0.2) is 4.98 Å². The van der Waals surface area contributed by atoms with E-state index in [4.69, 9.17) is 5.11 Å². The largest absolute Gasteiger partial charge is 0.481 e. The lowest BCUT2D eigenvalue weighted by Gasteiger charge is -1.94. The van der Waals surface area contributed by atoms with Crippen molar-refractivity contribution in [2.75, 3.05) is 5.75 Å². The van der Waals surface area contributed by atoms with Gasteiger partial charge in [0.25, 0.3) is 0 Å². The summed E-state index contributed by atoms with van der Waals surface area (Å²) in [5.41, 5.74) is 2.14. The van der Waals surface area contributed by atoms with Gasteiger partial charge in [-0.2, -0.15) is 0 Å². The molecule has 0 fully saturated rings. The van der Waals surface area contributed by atoms with Gasteiger partial charge in [-0.15, -0.1) is 11.3 Å². The van der Waals surface area contributed by atoms with Crippen LogP contribution in [0.25, 0.3) is 10.6 Å². The highest BCUT2D eigenvalue weighted by Crippen LogP contribution is 2.28. The highest BCUT2D eigenvalue weighted by molar-refractivity contribution is 7.99. The number of carboxylic acids is 1. The number of hydrogen-bond acceptors (Lipinski definition) is 4. The van der Waals surface area contributed by atoms with Crippen LogP contribution in [0.5, 0.6) is 0 Å². The molecule has 0 atom stereocenters. The Labute approximate surface area is 101 Å². The van der Waals surface area contributed by atoms with Crippen LogP contribution >= 0.6 is 23.1 Å². The number of nitrogens with one attached hydrogen (secondary N) is 1. The molecule has 0 bridgehead atoms. The molecule has 0 unspecified atom stereocenters. The molecule has 2 rings (SSSR count). The molecule has 0 saturated heterocycles. The molecule has 0 radical (unpaired) electrons. The maximum absolute atomic E-state index is 10.4. The van der Waals surface area contributed by atoms with E-state index >= 15 is 0 Å². The quantitative estimate of drug-likeness (QED) is 0.823. The zero-order chi connectivity index (χ0) is 11.5. The van der Waals surface area contributed by atoms with Crippen LogP contribution in [0.2, 0.25) is 0 Å². The molecule has 0 amide bonds. The molecule has 0 aliphatic heterocycles. The number of nitrogens with zero attached hydrogens (tertiary/aromatic N) is 1. The van der Waals surface area contributed by atoms with Crippen molar-refractivity contribution in [1.82, 2.24) is 9.97 Å². The lowest BCUT2D eigenvalue weighted by molar-refractivity contribution is -0.133. The third-order valence-corrected chi connectivity index (χ3v) is 3.91. The van der Waals surface area contributed by atoms with Gasteiger partial charge in [0.15, 0.2) is 5.16 Å². The molecular formula is C10H10N2O2S2. The molecule has 16 heavy (non-hydrogen) atoms. The molecule has 0 aliphatic carbocycles. The van der Waals surface area contributed by atoms with Gasteiger partial charge in [-0.1, -0.05) is 11.8 Å². The summed E-state index contributed by atoms with van der Waals surface area (Å²) in [6.45, 7) is 2.04. The number of rotatable bonds is 4. The van der Waals surface area contributed by atoms with Crippen molar-refractivity contribution in [2.45, 2.75) is 12.1 Å². The summed E-state index contributed by atoms with van der Waals surface area (Å²) >= 11 is 2.83. The number of aryl methyl sites for hydroxylation is 1. The summed E-state index contributed by atoms with van der Waals surface area (Å²) in [4.78, 5) is 18.8. The summed E-state index contributed by atoms with van der Waals surface area (Å²) in [6, 6.07) is 2.05. The highest BCUT2D eigenvalue weighted by atomic mass is 32.2. The normalized spacial score (nSPS) is 10.6. The molecule has 84 valence electrons. The van der Waals surface area contributed by atoms with Crippen molar-refractivity contribution < 1.29 is 9.90 Å². The summed E-state index contributed by atoms with van der Waals surface area (Å²) in [5.74, 6) is -0.814. The topological polar surface area (TPSA) is 66.0 Å². The average Bonchev–Trinajstić information content (AvgIpc) is 2.83. The molecule has 2 N–H and O–H groups in total. The van der Waals surface area contributed by atoms with E-state index in [1.165, 1.54) is 17.3 Å². The van der Waals surface area contributed by atoms with E-state index in [-0.39, 0.29) is 5.75 Å². The first kappa shape index (κ1) is 11.2. The van der Waals surface area contributed by atoms with Crippen LogP contribution in [0, 0.1) is 6.92 Å². The number of carbonyl (C=O) groups is 1. The highest BCUT2D eigenvalue weighted by Gasteiger charge is 2.08. The average molecular weight is 254 g/mol. The van der Waals surface area contributed by atoms with Crippen LogP contribution in [0.3, 0.4) is 0 Å². The summed E-state index contributed by atoms with van der Waals surface area (Å²) in [5, 5.41) is 11.2. The van der Waals surface area contributed by atoms with Crippen LogP contribution in [0.4, 0.5) is 0 Å². The van der Waals surface area contributed by atoms with Gasteiger partial charge in [-0.05, 0) is 23.9 Å². The Balaban J connectivity index is 2.14. The van der Waals surface area contributed by atoms with Crippen molar-refractivity contribution in [3.63, 3.8) is 0 Å². The number of aromatic nitrogens is 2. The second kappa shape index (κ2) is 4.71. The Morgan fingerprint density at radius 1 is 1.69 bits per heavy atom. The number of hydrogen-bond donors (Lipinski definition) is 2. The van der Waals surface area contributed by atoms with E-state index in [2.05, 4.69) is 9.97 Å². The van der Waals surface area contributed by atoms with Gasteiger partial charge in [-0.3, -0.25) is 4.79 Å². The number of aliphatic carboxylic acids is 1. The molecule has 4 nitrogen and oxygen atoms in total. The zero-order valence-electron chi connectivity index (χ0n) is 8.56. The van der Waals surface area contributed by atoms with Crippen molar-refractivity contribution in [3.05, 3.63) is 23.2 Å². The number of carboxylic acid groups (broad SMARTS) is 1. The predicted octanol–water partition coefficient (Wildman–Crippen LogP) is 2.62. The van der Waals surface area contributed by atoms with Gasteiger partial charge in [0.1, 0.15) is 0 Å². The Hall–Kier alpha value is -1.27. The lowest BCUT2D eigenvalue weighted by atomic mass is 10.2. The molecular weight excluding hydrogens is 244 g/mol. The monoisotopic (exact) mass is 254 g/mol. The minimum atomic E-state index is -0.838. The van der Waals surface area contributed by atoms with E-state index in [1.807, 2.05) is 18.4 Å². The number of thiophene rings is 1. The summed E-state index contributed by atoms with van der Waals surface area (Å²) in [6.07, 6.45) is 1.74. The number of thioether (sulfide) groups is 1. The maximum atomic E-state index is 10.4. The second-order valence-electron chi connectivity index (χ2n) is 3.22. The molecule has 0 spiro atoms. The minimum Gasteiger partial charge on any atom is -0.481 e. The van der Waals surface area contributed by atoms with Gasteiger partial charge in [0.2, 0.25) is 0 Å². The summed E-state index contributed by atoms with van der Waals surface area (Å²) < 4.78 is 0. The second-order valence-corrected chi connectivity index (χ2v) is 5.10. The van der Waals surface area contributed by atoms with Crippen molar-refractivity contribution in [1.29, 1.82) is 0 Å². The molecule has 2 heterocycles. The van der Waals surface area contributed by atoms with Crippen molar-refractivity contribution in [2.24, 2.45) is 0 Å². The number of H-pyrrole nitrogens is 1. The van der Waals surface area contributed by atoms with Gasteiger partial charge in [0, 0.05) is 0 Å². The van der Waals surface area contributed by atoms with Gasteiger partial charge < -0.3 is 10.1 Å². The maximum Gasteiger partial charge on any atom is 0.313 e. The molecule has 6 heteroatoms. The number of aromatic amines is 1. The SMILES string of the molecule is Cc1ccsc1-c1cnc(SCC(=O)O)[nH]1. The molecule has 2 aromatic rings. The van der Waals surface area contributed by atoms with Crippen LogP contribution in [0.15, 0.2) is 22.8 Å². The smallest absolute Gasteiger partial charge is 0.313 e. The van der Waals surface area contributed by atoms with Crippen LogP contribution in [0.1, 0.15) is 5.56 Å². The Kier molecular flexibility index (Phi) is 3.31. The van der Waals surface area contributed by atoms with Crippen LogP contribution in [-0.4, -0.2) is 26.8 Å². The predicted molar refractivity (Wildman–Crippen MR) is 65.0 cm³/mol. The first-order chi connectivity index (χ1) is 7.66. The third-order valence-electron chi connectivity index (χ3n) is 1.99. The Bertz CT molecular complexity index is 504. The Morgan fingerprint density at radius 3 is 3.12 bits per heavy atom. The van der Waals surface area contributed by atoms with E-state index < -0.39 is 5.97 Å². The van der Waals surface area contributed by atoms with E-state index in [0.717, 1.165) is 10.6 Å². The fourth-order valence-electron chi connectivity index (χ4n) is 1.27. The van der Waals surface area contributed by atoms with E-state index in [9.17, 15) is 4.79 Å². The van der Waals surface area contributed by atoms with Gasteiger partial charge in [0.05, 0.1) is 22.5 Å². The van der Waals surface area contributed by atoms with Crippen LogP contribution in [-0.2, 0) is 4.79 Å². The van der Waals surface area contributed by atoms with Crippen molar-refractivity contribution in [3.8, 4) is 10.6 Å². The number of imidazole rings is 1. The fourth-order valence-corrected chi connectivity index (χ4v) is 2.73. The minimum absolute atomic E-state index is 0.0242. The zero-order valence-corrected chi connectivity index (χ0v) is 10.2. The Morgan fingerprint density at radius 2 is 2.50 bits per heavy atom. The van der Waals surface area contributed by atoms with E-state index in [1.54, 1.807) is 17.5 Å². The fraction of sp³-hybridized carbons (Fsp3) is 0.200. The third kappa shape index (κ3) is 2.45. The molecule has 2 aromatic heterocycles. The molecule has 0 aromatic carbocycles. The standard InChI is InChI=1S/C10H10N2O2S2/c1-6-2-3-15-9(6)7-4-11-10(12-7)16-5-8(13)14/h2-4H,5H2,1H3,(H,11,12)(H,13,14).